The van der Waals surface area contributed by atoms with E-state index in [4.69, 9.17) is 0 Å². The first kappa shape index (κ1) is 24.1. The van der Waals surface area contributed by atoms with Crippen LogP contribution in [0, 0.1) is 30.8 Å². The molecule has 8 heteroatoms. The van der Waals surface area contributed by atoms with Crippen molar-refractivity contribution in [3.05, 3.63) is 90.5 Å². The summed E-state index contributed by atoms with van der Waals surface area (Å²) in [5.41, 5.74) is -0.610. The average molecular weight is 456 g/mol. The molecule has 0 bridgehead atoms. The second-order valence-corrected chi connectivity index (χ2v) is 9.62. The summed E-state index contributed by atoms with van der Waals surface area (Å²) in [6.45, 7) is 2.01. The maximum Gasteiger partial charge on any atom is 0.416 e. The molecule has 31 heavy (non-hydrogen) atoms. The van der Waals surface area contributed by atoms with E-state index >= 15 is 0 Å². The van der Waals surface area contributed by atoms with Crippen molar-refractivity contribution in [1.82, 2.24) is 4.90 Å². The van der Waals surface area contributed by atoms with Crippen molar-refractivity contribution in [3.8, 4) is 0 Å². The SMILES string of the molecule is C[C@H]([C]1[CH][CH][CH][C]1P(c1ccc(C(F)(F)F)cc1)c1ccc(C(F)(F)F)cc1)N(C)C. The quantitative estimate of drug-likeness (QED) is 0.404. The average Bonchev–Trinajstić information content (AvgIpc) is 3.16. The van der Waals surface area contributed by atoms with E-state index in [1.54, 1.807) is 0 Å². The molecule has 2 aromatic rings. The Hall–Kier alpha value is -1.59. The van der Waals surface area contributed by atoms with E-state index in [1.807, 2.05) is 45.2 Å². The molecule has 2 aromatic carbocycles. The molecule has 0 aliphatic heterocycles. The van der Waals surface area contributed by atoms with Crippen LogP contribution < -0.4 is 10.6 Å². The highest BCUT2D eigenvalue weighted by molar-refractivity contribution is 7.76. The van der Waals surface area contributed by atoms with Gasteiger partial charge in [0.25, 0.3) is 0 Å². The van der Waals surface area contributed by atoms with Gasteiger partial charge in [0.1, 0.15) is 0 Å². The van der Waals surface area contributed by atoms with Crippen LogP contribution in [0.4, 0.5) is 26.3 Å². The molecule has 0 saturated heterocycles. The van der Waals surface area contributed by atoms with E-state index in [2.05, 4.69) is 0 Å². The Morgan fingerprint density at radius 2 is 1.13 bits per heavy atom. The maximum absolute atomic E-state index is 13.0. The first-order valence-corrected chi connectivity index (χ1v) is 10.8. The van der Waals surface area contributed by atoms with Gasteiger partial charge in [-0.15, -0.1) is 0 Å². The zero-order valence-corrected chi connectivity index (χ0v) is 18.0. The molecule has 0 unspecified atom stereocenters. The summed E-state index contributed by atoms with van der Waals surface area (Å²) < 4.78 is 78.2. The minimum absolute atomic E-state index is 0.0268. The Morgan fingerprint density at radius 3 is 1.48 bits per heavy atom. The van der Waals surface area contributed by atoms with Crippen LogP contribution in [0.3, 0.4) is 0 Å². The summed E-state index contributed by atoms with van der Waals surface area (Å²) in [6, 6.07) is 9.79. The monoisotopic (exact) mass is 456 g/mol. The second-order valence-electron chi connectivity index (χ2n) is 7.43. The van der Waals surface area contributed by atoms with Crippen molar-refractivity contribution < 1.29 is 26.3 Å². The van der Waals surface area contributed by atoms with Gasteiger partial charge >= 0.3 is 12.4 Å². The number of benzene rings is 2. The number of alkyl halides is 6. The maximum atomic E-state index is 13.0. The molecule has 1 aliphatic rings. The molecule has 1 aliphatic carbocycles. The van der Waals surface area contributed by atoms with Crippen LogP contribution in [0.25, 0.3) is 0 Å². The third-order valence-corrected chi connectivity index (χ3v) is 7.72. The standard InChI is InChI=1S/C23H21F6NP/c1-15(30(2)3)20-5-4-6-21(20)31(18-11-7-16(8-12-18)22(24,25)26)19-13-9-17(10-14-19)23(27,28)29/h4-15H,1-3H3/t15-/m1/s1. The third kappa shape index (κ3) is 5.43. The molecule has 0 heterocycles. The highest BCUT2D eigenvalue weighted by Gasteiger charge is 2.41. The molecule has 0 spiro atoms. The largest absolute Gasteiger partial charge is 0.416 e. The molecular formula is C23H21F6NP. The van der Waals surface area contributed by atoms with Gasteiger partial charge in [0.2, 0.25) is 0 Å². The summed E-state index contributed by atoms with van der Waals surface area (Å²) in [5.74, 6) is 0.996. The van der Waals surface area contributed by atoms with Crippen molar-refractivity contribution in [3.63, 3.8) is 0 Å². The van der Waals surface area contributed by atoms with E-state index < -0.39 is 31.4 Å². The second kappa shape index (κ2) is 9.11. The fourth-order valence-corrected chi connectivity index (χ4v) is 5.79. The zero-order valence-electron chi connectivity index (χ0n) is 17.1. The van der Waals surface area contributed by atoms with Crippen LogP contribution in [0.5, 0.6) is 0 Å². The zero-order chi connectivity index (χ0) is 23.0. The Morgan fingerprint density at radius 1 is 0.710 bits per heavy atom. The summed E-state index contributed by atoms with van der Waals surface area (Å²) in [5, 5.41) is 1.28. The van der Waals surface area contributed by atoms with E-state index in [-0.39, 0.29) is 6.04 Å². The Balaban J connectivity index is 2.04. The summed E-state index contributed by atoms with van der Waals surface area (Å²) >= 11 is 0. The van der Waals surface area contributed by atoms with Crippen LogP contribution in [-0.4, -0.2) is 25.0 Å². The molecule has 1 saturated carbocycles. The molecule has 0 aromatic heterocycles. The smallest absolute Gasteiger partial charge is 0.306 e. The van der Waals surface area contributed by atoms with Gasteiger partial charge < -0.3 is 4.90 Å². The Kier molecular flexibility index (Phi) is 7.07. The summed E-state index contributed by atoms with van der Waals surface area (Å²) in [6.07, 6.45) is -3.20. The molecule has 0 N–H and O–H groups in total. The van der Waals surface area contributed by atoms with Gasteiger partial charge in [-0.25, -0.2) is 0 Å². The molecule has 5 radical (unpaired) electrons. The molecule has 1 nitrogen and oxygen atoms in total. The molecule has 165 valence electrons. The fourth-order valence-electron chi connectivity index (χ4n) is 3.29. The molecule has 0 amide bonds. The lowest BCUT2D eigenvalue weighted by molar-refractivity contribution is -0.138. The Labute approximate surface area is 180 Å². The van der Waals surface area contributed by atoms with E-state index in [0.29, 0.717) is 10.6 Å². The first-order chi connectivity index (χ1) is 14.4. The number of rotatable bonds is 5. The molecule has 1 atom stereocenters. The lowest BCUT2D eigenvalue weighted by atomic mass is 9.98. The van der Waals surface area contributed by atoms with Gasteiger partial charge in [-0.3, -0.25) is 0 Å². The molecule has 1 fully saturated rings. The van der Waals surface area contributed by atoms with Crippen LogP contribution in [0.1, 0.15) is 18.1 Å². The van der Waals surface area contributed by atoms with Gasteiger partial charge in [-0.2, -0.15) is 26.3 Å². The van der Waals surface area contributed by atoms with Crippen LogP contribution in [-0.2, 0) is 12.4 Å². The fraction of sp³-hybridized carbons (Fsp3) is 0.261. The number of nitrogens with zero attached hydrogens (tertiary/aromatic N) is 1. The third-order valence-electron chi connectivity index (χ3n) is 5.20. The predicted molar refractivity (Wildman–Crippen MR) is 112 cm³/mol. The highest BCUT2D eigenvalue weighted by atomic mass is 31.1. The van der Waals surface area contributed by atoms with Crippen molar-refractivity contribution >= 4 is 18.5 Å². The number of hydrogen-bond acceptors (Lipinski definition) is 1. The summed E-state index contributed by atoms with van der Waals surface area (Å²) in [7, 11) is 2.49. The van der Waals surface area contributed by atoms with Gasteiger partial charge in [0.15, 0.2) is 0 Å². The lowest BCUT2D eigenvalue weighted by Crippen LogP contribution is -2.34. The van der Waals surface area contributed by atoms with Crippen molar-refractivity contribution in [2.45, 2.75) is 25.3 Å². The summed E-state index contributed by atoms with van der Waals surface area (Å²) in [4.78, 5) is 2.01. The van der Waals surface area contributed by atoms with Gasteiger partial charge in [-0.1, -0.05) is 24.3 Å². The predicted octanol–water partition coefficient (Wildman–Crippen LogP) is 5.84. The normalized spacial score (nSPS) is 17.6. The molecular weight excluding hydrogens is 435 g/mol. The first-order valence-electron chi connectivity index (χ1n) is 9.46. The van der Waals surface area contributed by atoms with Gasteiger partial charge in [-0.05, 0) is 83.1 Å². The number of hydrogen-bond donors (Lipinski definition) is 0. The lowest BCUT2D eigenvalue weighted by Gasteiger charge is -2.35. The van der Waals surface area contributed by atoms with Crippen LogP contribution >= 0.6 is 7.92 Å². The van der Waals surface area contributed by atoms with Crippen LogP contribution in [0.15, 0.2) is 48.5 Å². The van der Waals surface area contributed by atoms with E-state index in [0.717, 1.165) is 35.8 Å². The van der Waals surface area contributed by atoms with Gasteiger partial charge in [0.05, 0.1) is 11.1 Å². The molecule has 3 rings (SSSR count). The van der Waals surface area contributed by atoms with Crippen molar-refractivity contribution in [2.24, 2.45) is 0 Å². The van der Waals surface area contributed by atoms with Crippen molar-refractivity contribution in [1.29, 1.82) is 0 Å². The van der Waals surface area contributed by atoms with Crippen LogP contribution in [0.2, 0.25) is 0 Å². The topological polar surface area (TPSA) is 3.24 Å². The van der Waals surface area contributed by atoms with Crippen molar-refractivity contribution in [2.75, 3.05) is 14.1 Å². The Bertz CT molecular complexity index is 800. The highest BCUT2D eigenvalue weighted by Crippen LogP contribution is 2.57. The number of halogens is 6. The minimum Gasteiger partial charge on any atom is -0.306 e. The van der Waals surface area contributed by atoms with E-state index in [9.17, 15) is 26.3 Å². The minimum atomic E-state index is -4.46. The van der Waals surface area contributed by atoms with E-state index in [1.165, 1.54) is 24.3 Å². The van der Waals surface area contributed by atoms with Gasteiger partial charge in [0, 0.05) is 17.6 Å².